The number of hydrogen-bond acceptors (Lipinski definition) is 6. The predicted octanol–water partition coefficient (Wildman–Crippen LogP) is 5.60. The molecule has 2 aromatic carbocycles. The van der Waals surface area contributed by atoms with Crippen molar-refractivity contribution in [3.8, 4) is 11.5 Å². The fraction of sp³-hybridized carbons (Fsp3) is 0.250. The minimum atomic E-state index is 0.304. The first-order valence-corrected chi connectivity index (χ1v) is 11.2. The Bertz CT molecular complexity index is 1190. The summed E-state index contributed by atoms with van der Waals surface area (Å²) in [7, 11) is 0. The van der Waals surface area contributed by atoms with Gasteiger partial charge in [0.1, 0.15) is 28.2 Å². The first kappa shape index (κ1) is 20.6. The number of nitrogens with two attached hydrogens (primary N) is 1. The molecule has 0 atom stereocenters. The van der Waals surface area contributed by atoms with Crippen LogP contribution in [0, 0.1) is 0 Å². The van der Waals surface area contributed by atoms with Gasteiger partial charge in [0, 0.05) is 23.8 Å². The highest BCUT2D eigenvalue weighted by Gasteiger charge is 2.20. The molecule has 164 valence electrons. The Hall–Kier alpha value is -3.29. The lowest BCUT2D eigenvalue weighted by atomic mass is 9.92. The Balaban J connectivity index is 1.36. The third-order valence-corrected chi connectivity index (χ3v) is 5.92. The zero-order valence-electron chi connectivity index (χ0n) is 17.5. The lowest BCUT2D eigenvalue weighted by Crippen LogP contribution is -2.33. The van der Waals surface area contributed by atoms with E-state index in [0.29, 0.717) is 22.8 Å². The Morgan fingerprint density at radius 3 is 2.44 bits per heavy atom. The summed E-state index contributed by atoms with van der Waals surface area (Å²) in [4.78, 5) is 4.68. The highest BCUT2D eigenvalue weighted by atomic mass is 35.5. The molecule has 2 heterocycles. The number of aromatic nitrogens is 3. The van der Waals surface area contributed by atoms with Gasteiger partial charge in [0.05, 0.1) is 6.20 Å². The number of ether oxygens (including phenoxy) is 1. The smallest absolute Gasteiger partial charge is 0.178 e. The van der Waals surface area contributed by atoms with Crippen LogP contribution in [0.4, 0.5) is 17.3 Å². The van der Waals surface area contributed by atoms with E-state index in [-0.39, 0.29) is 0 Å². The van der Waals surface area contributed by atoms with E-state index in [1.165, 1.54) is 0 Å². The van der Waals surface area contributed by atoms with E-state index in [1.807, 2.05) is 60.7 Å². The Labute approximate surface area is 191 Å². The summed E-state index contributed by atoms with van der Waals surface area (Å²) in [6.07, 6.45) is 5.72. The molecule has 2 aromatic heterocycles. The first-order valence-electron chi connectivity index (χ1n) is 10.8. The summed E-state index contributed by atoms with van der Waals surface area (Å²) in [5.41, 5.74) is 7.55. The Kier molecular flexibility index (Phi) is 5.83. The van der Waals surface area contributed by atoms with Gasteiger partial charge in [-0.2, -0.15) is 9.61 Å². The summed E-state index contributed by atoms with van der Waals surface area (Å²) in [6, 6.07) is 20.1. The second-order valence-corrected chi connectivity index (χ2v) is 8.48. The van der Waals surface area contributed by atoms with Crippen LogP contribution in [0.3, 0.4) is 0 Å². The molecule has 5 rings (SSSR count). The largest absolute Gasteiger partial charge is 0.457 e. The maximum Gasteiger partial charge on any atom is 0.178 e. The van der Waals surface area contributed by atoms with Gasteiger partial charge < -0.3 is 21.1 Å². The molecule has 1 aliphatic rings. The van der Waals surface area contributed by atoms with E-state index >= 15 is 0 Å². The number of hydrogen-bond donors (Lipinski definition) is 3. The lowest BCUT2D eigenvalue weighted by Gasteiger charge is -2.27. The fourth-order valence-electron chi connectivity index (χ4n) is 3.95. The lowest BCUT2D eigenvalue weighted by molar-refractivity contribution is 0.410. The van der Waals surface area contributed by atoms with Crippen molar-refractivity contribution in [2.24, 2.45) is 5.73 Å². The van der Waals surface area contributed by atoms with E-state index in [4.69, 9.17) is 22.1 Å². The number of fused-ring (bicyclic) bond motifs is 1. The van der Waals surface area contributed by atoms with Gasteiger partial charge >= 0.3 is 0 Å². The van der Waals surface area contributed by atoms with Crippen LogP contribution in [0.25, 0.3) is 5.65 Å². The van der Waals surface area contributed by atoms with Crippen LogP contribution in [0.1, 0.15) is 25.7 Å². The maximum absolute atomic E-state index is 6.34. The Morgan fingerprint density at radius 1 is 0.969 bits per heavy atom. The van der Waals surface area contributed by atoms with Gasteiger partial charge in [-0.3, -0.25) is 0 Å². The normalized spacial score (nSPS) is 18.4. The molecule has 4 aromatic rings. The fourth-order valence-corrected chi connectivity index (χ4v) is 4.12. The Morgan fingerprint density at radius 2 is 1.69 bits per heavy atom. The number of para-hydroxylation sites is 1. The minimum Gasteiger partial charge on any atom is -0.457 e. The van der Waals surface area contributed by atoms with Crippen molar-refractivity contribution in [3.05, 3.63) is 71.9 Å². The number of nitrogens with one attached hydrogen (secondary N) is 2. The summed E-state index contributed by atoms with van der Waals surface area (Å²) in [5.74, 6) is 3.11. The van der Waals surface area contributed by atoms with Gasteiger partial charge in [0.2, 0.25) is 0 Å². The van der Waals surface area contributed by atoms with Crippen LogP contribution in [0.5, 0.6) is 11.5 Å². The molecular formula is C24H25ClN6O. The van der Waals surface area contributed by atoms with E-state index in [0.717, 1.165) is 54.5 Å². The van der Waals surface area contributed by atoms with E-state index < -0.39 is 0 Å². The van der Waals surface area contributed by atoms with Crippen LogP contribution in [0.15, 0.2) is 66.9 Å². The van der Waals surface area contributed by atoms with Gasteiger partial charge in [-0.1, -0.05) is 29.8 Å². The third-order valence-electron chi connectivity index (χ3n) is 5.66. The van der Waals surface area contributed by atoms with Crippen molar-refractivity contribution >= 4 is 34.6 Å². The summed E-state index contributed by atoms with van der Waals surface area (Å²) >= 11 is 6.34. The number of anilines is 3. The molecule has 1 aliphatic carbocycles. The highest BCUT2D eigenvalue weighted by molar-refractivity contribution is 6.33. The van der Waals surface area contributed by atoms with Crippen LogP contribution in [-0.2, 0) is 0 Å². The molecule has 0 saturated heterocycles. The average molecular weight is 449 g/mol. The van der Waals surface area contributed by atoms with E-state index in [9.17, 15) is 0 Å². The second kappa shape index (κ2) is 9.06. The van der Waals surface area contributed by atoms with E-state index in [2.05, 4.69) is 20.7 Å². The van der Waals surface area contributed by atoms with Gasteiger partial charge in [-0.05, 0) is 62.1 Å². The molecule has 7 nitrogen and oxygen atoms in total. The molecule has 0 amide bonds. The molecule has 0 unspecified atom stereocenters. The molecule has 0 spiro atoms. The average Bonchev–Trinajstić information content (AvgIpc) is 3.18. The monoisotopic (exact) mass is 448 g/mol. The molecule has 1 saturated carbocycles. The molecule has 32 heavy (non-hydrogen) atoms. The quantitative estimate of drug-likeness (QED) is 0.355. The van der Waals surface area contributed by atoms with Crippen LogP contribution < -0.4 is 21.1 Å². The van der Waals surface area contributed by atoms with Crippen molar-refractivity contribution in [1.82, 2.24) is 14.6 Å². The molecule has 0 bridgehead atoms. The second-order valence-electron chi connectivity index (χ2n) is 8.08. The van der Waals surface area contributed by atoms with Crippen molar-refractivity contribution in [2.45, 2.75) is 37.8 Å². The van der Waals surface area contributed by atoms with Crippen LogP contribution >= 0.6 is 11.6 Å². The van der Waals surface area contributed by atoms with E-state index in [1.54, 1.807) is 10.7 Å². The number of nitrogens with zero attached hydrogens (tertiary/aromatic N) is 3. The van der Waals surface area contributed by atoms with Gasteiger partial charge in [0.15, 0.2) is 5.65 Å². The predicted molar refractivity (Wildman–Crippen MR) is 128 cm³/mol. The van der Waals surface area contributed by atoms with Crippen LogP contribution in [0.2, 0.25) is 5.02 Å². The summed E-state index contributed by atoms with van der Waals surface area (Å²) in [6.45, 7) is 0. The molecule has 4 N–H and O–H groups in total. The molecule has 1 fully saturated rings. The zero-order valence-corrected chi connectivity index (χ0v) is 18.3. The molecule has 0 aliphatic heterocycles. The van der Waals surface area contributed by atoms with Gasteiger partial charge in [-0.15, -0.1) is 0 Å². The van der Waals surface area contributed by atoms with Crippen molar-refractivity contribution in [1.29, 1.82) is 0 Å². The molecular weight excluding hydrogens is 424 g/mol. The van der Waals surface area contributed by atoms with Crippen LogP contribution in [-0.4, -0.2) is 26.7 Å². The number of halogens is 1. The maximum atomic E-state index is 6.34. The van der Waals surface area contributed by atoms with Gasteiger partial charge in [-0.25, -0.2) is 4.98 Å². The van der Waals surface area contributed by atoms with Gasteiger partial charge in [0.25, 0.3) is 0 Å². The molecule has 8 heteroatoms. The number of rotatable bonds is 6. The van der Waals surface area contributed by atoms with Crippen molar-refractivity contribution in [2.75, 3.05) is 10.6 Å². The number of benzene rings is 2. The minimum absolute atomic E-state index is 0.304. The summed E-state index contributed by atoms with van der Waals surface area (Å²) < 4.78 is 7.58. The topological polar surface area (TPSA) is 89.5 Å². The highest BCUT2D eigenvalue weighted by Crippen LogP contribution is 2.28. The first-order chi connectivity index (χ1) is 15.6. The molecule has 0 radical (unpaired) electrons. The third kappa shape index (κ3) is 4.64. The van der Waals surface area contributed by atoms with Crippen molar-refractivity contribution in [3.63, 3.8) is 0 Å². The summed E-state index contributed by atoms with van der Waals surface area (Å²) in [5, 5.41) is 11.9. The standard InChI is InChI=1S/C24H25ClN6O/c25-21-15-27-31-23(14-22(30-24(21)31)28-17-8-6-16(26)7-9-17)29-18-10-12-20(13-11-18)32-19-4-2-1-3-5-19/h1-5,10-17,29H,6-9,26H2,(H,28,30). The zero-order chi connectivity index (χ0) is 21.9. The van der Waals surface area contributed by atoms with Crippen molar-refractivity contribution < 1.29 is 4.74 Å². The SMILES string of the molecule is NC1CCC(Nc2cc(Nc3ccc(Oc4ccccc4)cc3)n3ncc(Cl)c3n2)CC1.